The van der Waals surface area contributed by atoms with Gasteiger partial charge in [0.15, 0.2) is 20.2 Å². The van der Waals surface area contributed by atoms with E-state index in [1.165, 1.54) is 10.6 Å². The molecule has 9 nitrogen and oxygen atoms in total. The molecule has 0 unspecified atom stereocenters. The second kappa shape index (κ2) is 6.60. The smallest absolute Gasteiger partial charge is 0.332 e. The van der Waals surface area contributed by atoms with E-state index in [0.717, 1.165) is 0 Å². The molecule has 0 bridgehead atoms. The van der Waals surface area contributed by atoms with Crippen LogP contribution in [-0.2, 0) is 29.3 Å². The fraction of sp³-hybridized carbons (Fsp3) is 0.800. The molecule has 3 aliphatic heterocycles. The Labute approximate surface area is 176 Å². The molecule has 1 spiro atoms. The molecule has 0 aromatic carbocycles. The Morgan fingerprint density at radius 1 is 1.17 bits per heavy atom. The molecule has 0 amide bonds. The van der Waals surface area contributed by atoms with E-state index in [1.54, 1.807) is 6.92 Å². The summed E-state index contributed by atoms with van der Waals surface area (Å²) in [6.07, 6.45) is -2.19. The number of hydrogen-bond donors (Lipinski definition) is 1. The Hall–Kier alpha value is -1.30. The van der Waals surface area contributed by atoms with Crippen molar-refractivity contribution in [2.24, 2.45) is 0 Å². The molecular weight excluding hydrogens is 408 g/mol. The summed E-state index contributed by atoms with van der Waals surface area (Å²) in [6.45, 7) is 16.6. The van der Waals surface area contributed by atoms with Crippen molar-refractivity contribution in [3.8, 4) is 0 Å². The lowest BCUT2D eigenvalue weighted by molar-refractivity contribution is -0.335. The first kappa shape index (κ1) is 21.9. The predicted octanol–water partition coefficient (Wildman–Crippen LogP) is 2.18. The number of aromatic nitrogens is 2. The zero-order valence-corrected chi connectivity index (χ0v) is 19.9. The summed E-state index contributed by atoms with van der Waals surface area (Å²) in [5.41, 5.74) is -0.628. The molecule has 0 aliphatic carbocycles. The second-order valence-corrected chi connectivity index (χ2v) is 15.1. The molecule has 1 aromatic rings. The molecular formula is C20H32N2O7Si. The number of fused-ring (bicyclic) bond motifs is 4. The van der Waals surface area contributed by atoms with Crippen LogP contribution in [0.2, 0.25) is 18.1 Å². The van der Waals surface area contributed by atoms with Crippen LogP contribution in [0.4, 0.5) is 0 Å². The minimum absolute atomic E-state index is 0.0381. The van der Waals surface area contributed by atoms with Crippen LogP contribution in [0.15, 0.2) is 15.7 Å². The third kappa shape index (κ3) is 3.25. The van der Waals surface area contributed by atoms with Crippen molar-refractivity contribution in [2.45, 2.75) is 95.8 Å². The molecule has 4 heterocycles. The van der Waals surface area contributed by atoms with Crippen molar-refractivity contribution >= 4 is 8.32 Å². The van der Waals surface area contributed by atoms with Crippen LogP contribution in [0.1, 0.15) is 53.3 Å². The van der Waals surface area contributed by atoms with Gasteiger partial charge in [0.25, 0.3) is 11.5 Å². The van der Waals surface area contributed by atoms with Crippen LogP contribution in [0, 0.1) is 0 Å². The summed E-state index contributed by atoms with van der Waals surface area (Å²) in [4.78, 5) is 26.9. The molecule has 3 aliphatic rings. The van der Waals surface area contributed by atoms with Crippen LogP contribution in [0.3, 0.4) is 0 Å². The van der Waals surface area contributed by atoms with E-state index < -0.39 is 55.7 Å². The molecule has 4 rings (SSSR count). The number of hydrogen-bond acceptors (Lipinski definition) is 7. The fourth-order valence-electron chi connectivity index (χ4n) is 4.11. The zero-order valence-electron chi connectivity index (χ0n) is 18.9. The van der Waals surface area contributed by atoms with Gasteiger partial charge in [-0.1, -0.05) is 20.8 Å². The van der Waals surface area contributed by atoms with Crippen molar-refractivity contribution in [3.05, 3.63) is 32.6 Å². The Balaban J connectivity index is 1.72. The van der Waals surface area contributed by atoms with E-state index in [2.05, 4.69) is 38.8 Å². The lowest BCUT2D eigenvalue weighted by Gasteiger charge is -2.37. The molecule has 168 valence electrons. The highest BCUT2D eigenvalue weighted by Crippen LogP contribution is 2.52. The van der Waals surface area contributed by atoms with E-state index in [9.17, 15) is 9.59 Å². The Bertz CT molecular complexity index is 963. The van der Waals surface area contributed by atoms with E-state index in [1.807, 2.05) is 13.8 Å². The van der Waals surface area contributed by atoms with Crippen molar-refractivity contribution in [1.29, 1.82) is 0 Å². The van der Waals surface area contributed by atoms with Gasteiger partial charge in [0, 0.05) is 6.07 Å². The first-order valence-corrected chi connectivity index (χ1v) is 13.3. The fourth-order valence-corrected chi connectivity index (χ4v) is 5.12. The van der Waals surface area contributed by atoms with E-state index in [0.29, 0.717) is 12.3 Å². The Morgan fingerprint density at radius 2 is 1.83 bits per heavy atom. The number of ether oxygens (including phenoxy) is 4. The van der Waals surface area contributed by atoms with Crippen molar-refractivity contribution in [3.63, 3.8) is 0 Å². The molecule has 1 N–H and O–H groups in total. The topological polar surface area (TPSA) is 101 Å². The van der Waals surface area contributed by atoms with Crippen LogP contribution < -0.4 is 11.2 Å². The molecule has 0 saturated carbocycles. The normalized spacial score (nSPS) is 35.1. The van der Waals surface area contributed by atoms with Gasteiger partial charge in [-0.15, -0.1) is 0 Å². The maximum Gasteiger partial charge on any atom is 0.332 e. The third-order valence-corrected chi connectivity index (χ3v) is 11.1. The van der Waals surface area contributed by atoms with Crippen LogP contribution >= 0.6 is 0 Å². The molecule has 2 saturated heterocycles. The highest BCUT2D eigenvalue weighted by molar-refractivity contribution is 6.74. The van der Waals surface area contributed by atoms with E-state index in [-0.39, 0.29) is 5.04 Å². The first-order chi connectivity index (χ1) is 13.7. The SMILES string of the molecule is C[C@@H]1O[C@]2(O[C@H](CO[Si](C)(C)C(C)(C)C)[C@H]3OC(C)(C)O[C@H]32)n2c1cc(=O)[nH]c2=O. The maximum absolute atomic E-state index is 12.8. The molecule has 2 fully saturated rings. The average Bonchev–Trinajstić information content (AvgIpc) is 3.14. The van der Waals surface area contributed by atoms with E-state index >= 15 is 0 Å². The number of nitrogens with zero attached hydrogens (tertiary/aromatic N) is 1. The quantitative estimate of drug-likeness (QED) is 0.719. The van der Waals surface area contributed by atoms with Gasteiger partial charge in [-0.2, -0.15) is 0 Å². The summed E-state index contributed by atoms with van der Waals surface area (Å²) < 4.78 is 32.6. The number of rotatable bonds is 3. The lowest BCUT2D eigenvalue weighted by Crippen LogP contribution is -2.50. The number of H-pyrrole nitrogens is 1. The first-order valence-electron chi connectivity index (χ1n) is 10.4. The summed E-state index contributed by atoms with van der Waals surface area (Å²) >= 11 is 0. The van der Waals surface area contributed by atoms with Gasteiger partial charge < -0.3 is 23.4 Å². The summed E-state index contributed by atoms with van der Waals surface area (Å²) in [5, 5.41) is 0.0381. The van der Waals surface area contributed by atoms with Gasteiger partial charge in [-0.05, 0) is 38.9 Å². The summed E-state index contributed by atoms with van der Waals surface area (Å²) in [6, 6.07) is 1.36. The highest BCUT2D eigenvalue weighted by atomic mass is 28.4. The third-order valence-electron chi connectivity index (χ3n) is 6.63. The van der Waals surface area contributed by atoms with Crippen LogP contribution in [0.5, 0.6) is 0 Å². The van der Waals surface area contributed by atoms with Gasteiger partial charge in [0.2, 0.25) is 0 Å². The van der Waals surface area contributed by atoms with Crippen molar-refractivity contribution in [2.75, 3.05) is 6.61 Å². The van der Waals surface area contributed by atoms with Gasteiger partial charge in [0.05, 0.1) is 12.3 Å². The summed E-state index contributed by atoms with van der Waals surface area (Å²) in [5.74, 6) is -2.39. The minimum atomic E-state index is -2.04. The van der Waals surface area contributed by atoms with Crippen molar-refractivity contribution < 1.29 is 23.4 Å². The number of aromatic amines is 1. The van der Waals surface area contributed by atoms with Gasteiger partial charge in [-0.25, -0.2) is 9.36 Å². The summed E-state index contributed by atoms with van der Waals surface area (Å²) in [7, 11) is -2.04. The van der Waals surface area contributed by atoms with Crippen molar-refractivity contribution in [1.82, 2.24) is 9.55 Å². The Morgan fingerprint density at radius 3 is 2.47 bits per heavy atom. The molecule has 5 atom stereocenters. The van der Waals surface area contributed by atoms with Crippen LogP contribution in [0.25, 0.3) is 0 Å². The van der Waals surface area contributed by atoms with E-state index in [4.69, 9.17) is 23.4 Å². The second-order valence-electron chi connectivity index (χ2n) is 10.3. The van der Waals surface area contributed by atoms with Gasteiger partial charge in [-0.3, -0.25) is 9.78 Å². The van der Waals surface area contributed by atoms with Gasteiger partial charge in [0.1, 0.15) is 18.3 Å². The Kier molecular flexibility index (Phi) is 4.82. The molecule has 30 heavy (non-hydrogen) atoms. The standard InChI is InChI=1S/C20H32N2O7Si/c1-11-12-9-14(23)21-17(24)22(12)20(26-11)16-15(28-19(5,6)29-16)13(27-20)10-25-30(7,8)18(2,3)4/h9,11,13,15-16H,10H2,1-8H3,(H,21,23,24)/t11-,13+,15+,16+,20+/m0/s1. The molecule has 0 radical (unpaired) electrons. The minimum Gasteiger partial charge on any atom is -0.414 e. The predicted molar refractivity (Wildman–Crippen MR) is 111 cm³/mol. The highest BCUT2D eigenvalue weighted by Gasteiger charge is 2.68. The lowest BCUT2D eigenvalue weighted by atomic mass is 10.1. The largest absolute Gasteiger partial charge is 0.414 e. The number of nitrogens with one attached hydrogen (secondary N) is 1. The maximum atomic E-state index is 12.8. The molecule has 1 aromatic heterocycles. The zero-order chi connectivity index (χ0) is 22.3. The monoisotopic (exact) mass is 440 g/mol. The average molecular weight is 441 g/mol. The van der Waals surface area contributed by atoms with Gasteiger partial charge >= 0.3 is 5.69 Å². The molecule has 10 heteroatoms. The van der Waals surface area contributed by atoms with Crippen LogP contribution in [-0.4, -0.2) is 48.6 Å².